The summed E-state index contributed by atoms with van der Waals surface area (Å²) in [7, 11) is 1.40. The summed E-state index contributed by atoms with van der Waals surface area (Å²) in [5, 5.41) is 3.25. The van der Waals surface area contributed by atoms with Crippen molar-refractivity contribution in [3.8, 4) is 17.1 Å². The highest BCUT2D eigenvalue weighted by Crippen LogP contribution is 2.41. The molecule has 0 bridgehead atoms. The highest BCUT2D eigenvalue weighted by molar-refractivity contribution is 5.96. The summed E-state index contributed by atoms with van der Waals surface area (Å²) in [5.74, 6) is 1.62. The number of hydrogen-bond acceptors (Lipinski definition) is 6. The lowest BCUT2D eigenvalue weighted by molar-refractivity contribution is 0.0602. The largest absolute Gasteiger partial charge is 0.490 e. The molecule has 6 nitrogen and oxygen atoms in total. The lowest BCUT2D eigenvalue weighted by atomic mass is 10.0. The van der Waals surface area contributed by atoms with Gasteiger partial charge < -0.3 is 14.8 Å². The van der Waals surface area contributed by atoms with Crippen LogP contribution < -0.4 is 10.1 Å². The third kappa shape index (κ3) is 3.99. The molecule has 2 saturated carbocycles. The van der Waals surface area contributed by atoms with E-state index in [-0.39, 0.29) is 5.97 Å². The quantitative estimate of drug-likeness (QED) is 0.556. The summed E-state index contributed by atoms with van der Waals surface area (Å²) in [6, 6.07) is 13.7. The molecular weight excluding hydrogens is 378 g/mol. The van der Waals surface area contributed by atoms with E-state index >= 15 is 0 Å². The lowest BCUT2D eigenvalue weighted by Gasteiger charge is -2.13. The zero-order valence-electron chi connectivity index (χ0n) is 16.8. The van der Waals surface area contributed by atoms with Crippen LogP contribution >= 0.6 is 0 Å². The Bertz CT molecular complexity index is 1070. The van der Waals surface area contributed by atoms with Crippen LogP contribution in [-0.2, 0) is 4.74 Å². The van der Waals surface area contributed by atoms with Crippen LogP contribution in [0.25, 0.3) is 11.4 Å². The minimum atomic E-state index is -0.358. The summed E-state index contributed by atoms with van der Waals surface area (Å²) in [6.07, 6.45) is 8.28. The lowest BCUT2D eigenvalue weighted by Crippen LogP contribution is -2.07. The van der Waals surface area contributed by atoms with Gasteiger partial charge in [-0.15, -0.1) is 0 Å². The predicted molar refractivity (Wildman–Crippen MR) is 114 cm³/mol. The van der Waals surface area contributed by atoms with Crippen LogP contribution in [-0.4, -0.2) is 29.2 Å². The number of aromatic nitrogens is 2. The van der Waals surface area contributed by atoms with E-state index in [2.05, 4.69) is 21.4 Å². The van der Waals surface area contributed by atoms with E-state index in [9.17, 15) is 4.79 Å². The van der Waals surface area contributed by atoms with Crippen LogP contribution in [0, 0.1) is 0 Å². The molecule has 152 valence electrons. The SMILES string of the molecule is COC(=O)c1cc(C2CC2)ccc1Nc1cnc(-c2ccccc2OC2CC2)nc1. The third-order valence-electron chi connectivity index (χ3n) is 5.37. The van der Waals surface area contributed by atoms with Gasteiger partial charge in [0.15, 0.2) is 5.82 Å². The summed E-state index contributed by atoms with van der Waals surface area (Å²) >= 11 is 0. The van der Waals surface area contributed by atoms with Gasteiger partial charge in [-0.05, 0) is 61.4 Å². The van der Waals surface area contributed by atoms with Crippen molar-refractivity contribution in [3.63, 3.8) is 0 Å². The molecule has 0 unspecified atom stereocenters. The molecule has 0 radical (unpaired) electrons. The number of nitrogens with zero attached hydrogens (tertiary/aromatic N) is 2. The molecule has 3 aromatic rings. The van der Waals surface area contributed by atoms with Crippen molar-refractivity contribution in [2.24, 2.45) is 0 Å². The summed E-state index contributed by atoms with van der Waals surface area (Å²) < 4.78 is 11.0. The van der Waals surface area contributed by atoms with Gasteiger partial charge in [-0.2, -0.15) is 0 Å². The maximum absolute atomic E-state index is 12.3. The first-order chi connectivity index (χ1) is 14.7. The number of rotatable bonds is 7. The van der Waals surface area contributed by atoms with Crippen molar-refractivity contribution in [2.75, 3.05) is 12.4 Å². The fourth-order valence-electron chi connectivity index (χ4n) is 3.43. The van der Waals surface area contributed by atoms with Crippen LogP contribution in [0.5, 0.6) is 5.75 Å². The van der Waals surface area contributed by atoms with Gasteiger partial charge in [0, 0.05) is 0 Å². The number of anilines is 2. The topological polar surface area (TPSA) is 73.3 Å². The number of carbonyl (C=O) groups excluding carboxylic acids is 1. The molecule has 2 fully saturated rings. The first kappa shape index (κ1) is 18.6. The number of benzene rings is 2. The molecule has 6 heteroatoms. The fraction of sp³-hybridized carbons (Fsp3) is 0.292. The number of nitrogens with one attached hydrogen (secondary N) is 1. The van der Waals surface area contributed by atoms with E-state index < -0.39 is 0 Å². The van der Waals surface area contributed by atoms with Crippen molar-refractivity contribution in [3.05, 3.63) is 66.0 Å². The van der Waals surface area contributed by atoms with Crippen molar-refractivity contribution in [1.29, 1.82) is 0 Å². The van der Waals surface area contributed by atoms with Gasteiger partial charge >= 0.3 is 5.97 Å². The number of para-hydroxylation sites is 1. The zero-order chi connectivity index (χ0) is 20.5. The molecule has 30 heavy (non-hydrogen) atoms. The second kappa shape index (κ2) is 7.78. The molecule has 0 atom stereocenters. The highest BCUT2D eigenvalue weighted by Gasteiger charge is 2.26. The van der Waals surface area contributed by atoms with Crippen LogP contribution in [0.15, 0.2) is 54.9 Å². The number of hydrogen-bond donors (Lipinski definition) is 1. The van der Waals surface area contributed by atoms with Gasteiger partial charge in [-0.25, -0.2) is 14.8 Å². The Hall–Kier alpha value is -3.41. The number of methoxy groups -OCH3 is 1. The summed E-state index contributed by atoms with van der Waals surface area (Å²) in [5.41, 5.74) is 3.96. The third-order valence-corrected chi connectivity index (χ3v) is 5.37. The summed E-state index contributed by atoms with van der Waals surface area (Å²) in [6.45, 7) is 0. The van der Waals surface area contributed by atoms with Crippen molar-refractivity contribution in [1.82, 2.24) is 9.97 Å². The highest BCUT2D eigenvalue weighted by atomic mass is 16.5. The molecule has 0 amide bonds. The van der Waals surface area contributed by atoms with Crippen molar-refractivity contribution < 1.29 is 14.3 Å². The Labute approximate surface area is 175 Å². The van der Waals surface area contributed by atoms with Crippen molar-refractivity contribution >= 4 is 17.3 Å². The van der Waals surface area contributed by atoms with E-state index in [0.717, 1.165) is 24.2 Å². The first-order valence-corrected chi connectivity index (χ1v) is 10.3. The summed E-state index contributed by atoms with van der Waals surface area (Å²) in [4.78, 5) is 21.3. The molecule has 5 rings (SSSR count). The molecule has 0 saturated heterocycles. The molecule has 2 aliphatic carbocycles. The second-order valence-electron chi connectivity index (χ2n) is 7.80. The average Bonchev–Trinajstić information content (AvgIpc) is 3.69. The van der Waals surface area contributed by atoms with Crippen LogP contribution in [0.2, 0.25) is 0 Å². The van der Waals surface area contributed by atoms with E-state index in [1.165, 1.54) is 25.5 Å². The fourth-order valence-corrected chi connectivity index (χ4v) is 3.43. The number of ether oxygens (including phenoxy) is 2. The average molecular weight is 401 g/mol. The molecular formula is C24H23N3O3. The molecule has 1 heterocycles. The van der Waals surface area contributed by atoms with Gasteiger partial charge in [0.2, 0.25) is 0 Å². The normalized spacial score (nSPS) is 15.5. The van der Waals surface area contributed by atoms with Crippen LogP contribution in [0.1, 0.15) is 47.5 Å². The predicted octanol–water partition coefficient (Wildman–Crippen LogP) is 5.09. The van der Waals surface area contributed by atoms with Gasteiger partial charge in [-0.1, -0.05) is 18.2 Å². The maximum Gasteiger partial charge on any atom is 0.339 e. The molecule has 2 aromatic carbocycles. The molecule has 1 aromatic heterocycles. The Morgan fingerprint density at radius 2 is 1.80 bits per heavy atom. The Kier molecular flexibility index (Phi) is 4.83. The Morgan fingerprint density at radius 3 is 2.50 bits per heavy atom. The number of esters is 1. The smallest absolute Gasteiger partial charge is 0.339 e. The zero-order valence-corrected chi connectivity index (χ0v) is 16.8. The van der Waals surface area contributed by atoms with E-state index in [1.807, 2.05) is 36.4 Å². The molecule has 0 aliphatic heterocycles. The van der Waals surface area contributed by atoms with Crippen molar-refractivity contribution in [2.45, 2.75) is 37.7 Å². The number of carbonyl (C=O) groups is 1. The minimum absolute atomic E-state index is 0.308. The van der Waals surface area contributed by atoms with E-state index in [4.69, 9.17) is 9.47 Å². The van der Waals surface area contributed by atoms with E-state index in [1.54, 1.807) is 12.4 Å². The second-order valence-corrected chi connectivity index (χ2v) is 7.80. The Balaban J connectivity index is 1.38. The minimum Gasteiger partial charge on any atom is -0.490 e. The van der Waals surface area contributed by atoms with Gasteiger partial charge in [0.25, 0.3) is 0 Å². The monoisotopic (exact) mass is 401 g/mol. The van der Waals surface area contributed by atoms with Gasteiger partial charge in [-0.3, -0.25) is 0 Å². The van der Waals surface area contributed by atoms with Crippen LogP contribution in [0.3, 0.4) is 0 Å². The van der Waals surface area contributed by atoms with Gasteiger partial charge in [0.1, 0.15) is 5.75 Å². The molecule has 2 aliphatic rings. The molecule has 0 spiro atoms. The van der Waals surface area contributed by atoms with Gasteiger partial charge in [0.05, 0.1) is 48.1 Å². The molecule has 1 N–H and O–H groups in total. The Morgan fingerprint density at radius 1 is 1.03 bits per heavy atom. The van der Waals surface area contributed by atoms with E-state index in [0.29, 0.717) is 34.8 Å². The maximum atomic E-state index is 12.3. The standard InChI is InChI=1S/C24H23N3O3/c1-29-24(28)20-12-16(15-6-7-15)8-11-21(20)27-17-13-25-23(26-14-17)19-4-2-3-5-22(19)30-18-9-10-18/h2-5,8,11-15,18,27H,6-7,9-10H2,1H3. The first-order valence-electron chi connectivity index (χ1n) is 10.3. The van der Waals surface area contributed by atoms with Crippen LogP contribution in [0.4, 0.5) is 11.4 Å².